The Hall–Kier alpha value is -7.06. The van der Waals surface area contributed by atoms with Crippen molar-refractivity contribution in [3.05, 3.63) is 143 Å². The molecule has 0 spiro atoms. The minimum atomic E-state index is -0.880. The van der Waals surface area contributed by atoms with Crippen molar-refractivity contribution < 1.29 is 28.9 Å². The van der Waals surface area contributed by atoms with Gasteiger partial charge in [0.2, 0.25) is 6.40 Å². The van der Waals surface area contributed by atoms with E-state index in [1.165, 1.54) is 14.2 Å². The first-order valence-corrected chi connectivity index (χ1v) is 20.0. The summed E-state index contributed by atoms with van der Waals surface area (Å²) >= 11 is 0. The molecule has 3 amide bonds. The maximum absolute atomic E-state index is 13.9. The second kappa shape index (κ2) is 18.2. The molecule has 14 heteroatoms. The number of methoxy groups -OCH3 is 1. The summed E-state index contributed by atoms with van der Waals surface area (Å²) in [5.74, 6) is 1.11. The number of rotatable bonds is 13. The molecule has 2 saturated heterocycles. The van der Waals surface area contributed by atoms with Gasteiger partial charge >= 0.3 is 6.09 Å². The van der Waals surface area contributed by atoms with Gasteiger partial charge in [0, 0.05) is 13.1 Å². The summed E-state index contributed by atoms with van der Waals surface area (Å²) in [4.78, 5) is 74.1. The van der Waals surface area contributed by atoms with E-state index in [1.54, 1.807) is 4.90 Å². The molecule has 0 bridgehead atoms. The van der Waals surface area contributed by atoms with Crippen LogP contribution in [0.3, 0.4) is 0 Å². The Morgan fingerprint density at radius 3 is 2.13 bits per heavy atom. The van der Waals surface area contributed by atoms with E-state index < -0.39 is 18.2 Å². The van der Waals surface area contributed by atoms with Crippen molar-refractivity contribution in [2.45, 2.75) is 49.9 Å². The van der Waals surface area contributed by atoms with Crippen molar-refractivity contribution in [2.24, 2.45) is 4.99 Å². The lowest BCUT2D eigenvalue weighted by molar-refractivity contribution is -0.188. The first-order valence-electron chi connectivity index (χ1n) is 20.0. The molecule has 4 heterocycles. The number of likely N-dealkylation sites (tertiary alicyclic amines) is 2. The Kier molecular flexibility index (Phi) is 12.1. The van der Waals surface area contributed by atoms with Crippen LogP contribution >= 0.6 is 0 Å². The zero-order valence-electron chi connectivity index (χ0n) is 33.4. The molecule has 2 aromatic heterocycles. The van der Waals surface area contributed by atoms with Crippen LogP contribution in [0, 0.1) is 0 Å². The van der Waals surface area contributed by atoms with Gasteiger partial charge in [-0.3, -0.25) is 9.59 Å². The van der Waals surface area contributed by atoms with Gasteiger partial charge < -0.3 is 34.7 Å². The average Bonchev–Trinajstić information content (AvgIpc) is 4.13. The molecule has 2 fully saturated rings. The Bertz CT molecular complexity index is 2480. The third-order valence-corrected chi connectivity index (χ3v) is 11.0. The number of carbonyl (C=O) groups is 3. The minimum Gasteiger partial charge on any atom is -0.453 e. The first-order chi connectivity index (χ1) is 29.4. The van der Waals surface area contributed by atoms with Gasteiger partial charge in [-0.25, -0.2) is 19.8 Å². The quantitative estimate of drug-likeness (QED) is 0.0348. The van der Waals surface area contributed by atoms with Crippen LogP contribution in [0.1, 0.15) is 83.8 Å². The maximum Gasteiger partial charge on any atom is 0.407 e. The van der Waals surface area contributed by atoms with Gasteiger partial charge in [0.25, 0.3) is 11.8 Å². The van der Waals surface area contributed by atoms with Crippen LogP contribution in [0.15, 0.2) is 114 Å². The van der Waals surface area contributed by atoms with Gasteiger partial charge in [0.15, 0.2) is 6.04 Å². The molecule has 0 aliphatic carbocycles. The van der Waals surface area contributed by atoms with Gasteiger partial charge in [0.05, 0.1) is 49.2 Å². The van der Waals surface area contributed by atoms with Crippen LogP contribution in [-0.4, -0.2) is 81.4 Å². The van der Waals surface area contributed by atoms with E-state index >= 15 is 0 Å². The Morgan fingerprint density at radius 2 is 1.43 bits per heavy atom. The molecular weight excluding hydrogens is 761 g/mol. The van der Waals surface area contributed by atoms with Crippen LogP contribution in [-0.2, 0) is 24.1 Å². The van der Waals surface area contributed by atoms with Crippen molar-refractivity contribution in [2.75, 3.05) is 27.3 Å². The second-order valence-corrected chi connectivity index (χ2v) is 14.7. The summed E-state index contributed by atoms with van der Waals surface area (Å²) in [5, 5.41) is 2.72. The number of nitrogens with zero attached hydrogens (tertiary/aromatic N) is 5. The highest BCUT2D eigenvalue weighted by molar-refractivity contribution is 5.88. The number of ether oxygens (including phenoxy) is 1. The standard InChI is InChI=1S/C46H46N8O6/c1-58-46(57)52-41(34-13-7-4-8-14-34)45(56)54-26-10-16-39(54)43-49-35-24-21-31(27-36(35)50-43)18-17-30-19-22-32(23-20-30)37-28-47-42(51-37)38-15-9-25-53(38)44(55)40(48-29-60-59-2)33-11-5-3-6-12-33/h3-8,11-14,17-24,27-29,38-41H,9-10,15-16,25-26H2,1-2H3,(H,47,51)(H,49,50)(H,52,57)/b18-17+,48-29?/t38-,39-,40+,41+/m0/s1. The summed E-state index contributed by atoms with van der Waals surface area (Å²) in [7, 11) is 2.67. The molecule has 3 N–H and O–H groups in total. The molecule has 0 radical (unpaired) electrons. The maximum atomic E-state index is 13.9. The fourth-order valence-corrected chi connectivity index (χ4v) is 8.05. The number of imidazole rings is 2. The molecule has 4 atom stereocenters. The summed E-state index contributed by atoms with van der Waals surface area (Å²) < 4.78 is 4.83. The Morgan fingerprint density at radius 1 is 0.783 bits per heavy atom. The molecular formula is C46H46N8O6. The normalized spacial score (nSPS) is 17.7. The van der Waals surface area contributed by atoms with Crippen molar-refractivity contribution in [3.8, 4) is 11.3 Å². The van der Waals surface area contributed by atoms with Crippen molar-refractivity contribution in [3.63, 3.8) is 0 Å². The van der Waals surface area contributed by atoms with E-state index in [9.17, 15) is 14.4 Å². The third-order valence-electron chi connectivity index (χ3n) is 11.0. The topological polar surface area (TPSA) is 167 Å². The summed E-state index contributed by atoms with van der Waals surface area (Å²) in [6.07, 6.45) is 9.63. The third kappa shape index (κ3) is 8.69. The molecule has 0 unspecified atom stereocenters. The number of aromatic nitrogens is 4. The summed E-state index contributed by atoms with van der Waals surface area (Å²) in [6, 6.07) is 30.7. The van der Waals surface area contributed by atoms with Gasteiger partial charge in [0.1, 0.15) is 17.7 Å². The van der Waals surface area contributed by atoms with Crippen LogP contribution < -0.4 is 5.32 Å². The number of nitrogens with one attached hydrogen (secondary N) is 3. The van der Waals surface area contributed by atoms with Crippen LogP contribution in [0.4, 0.5) is 4.79 Å². The summed E-state index contributed by atoms with van der Waals surface area (Å²) in [5.41, 5.74) is 6.99. The van der Waals surface area contributed by atoms with E-state index in [2.05, 4.69) is 49.4 Å². The number of fused-ring (bicyclic) bond motifs is 1. The van der Waals surface area contributed by atoms with E-state index in [4.69, 9.17) is 19.6 Å². The zero-order valence-corrected chi connectivity index (χ0v) is 33.4. The van der Waals surface area contributed by atoms with Gasteiger partial charge in [-0.1, -0.05) is 103 Å². The molecule has 2 aliphatic heterocycles. The molecule has 2 aliphatic rings. The number of aliphatic imine (C=N–C) groups is 1. The Labute approximate surface area is 347 Å². The SMILES string of the molecule is COOC=N[C@@H](C(=O)N1CCC[C@H]1c1ncc(-c2ccc(/C=C/c3ccc4nc([C@@H]5CCCN5C(=O)[C@H](NC(=O)OC)c5ccccc5)[nH]c4c3)cc2)[nH]1)c1ccccc1. The number of carbonyl (C=O) groups excluding carboxylic acids is 3. The number of benzene rings is 4. The van der Waals surface area contributed by atoms with E-state index in [1.807, 2.05) is 102 Å². The predicted molar refractivity (Wildman–Crippen MR) is 227 cm³/mol. The van der Waals surface area contributed by atoms with Gasteiger partial charge in [-0.2, -0.15) is 4.89 Å². The zero-order chi connectivity index (χ0) is 41.4. The van der Waals surface area contributed by atoms with Crippen molar-refractivity contribution >= 4 is 47.5 Å². The second-order valence-electron chi connectivity index (χ2n) is 14.7. The number of alkyl carbamates (subject to hydrolysis) is 1. The molecule has 4 aromatic carbocycles. The average molecular weight is 807 g/mol. The highest BCUT2D eigenvalue weighted by Crippen LogP contribution is 2.36. The number of hydrogen-bond donors (Lipinski definition) is 3. The molecule has 60 heavy (non-hydrogen) atoms. The van der Waals surface area contributed by atoms with Crippen LogP contribution in [0.25, 0.3) is 34.4 Å². The predicted octanol–water partition coefficient (Wildman–Crippen LogP) is 7.90. The number of H-pyrrole nitrogens is 2. The van der Waals surface area contributed by atoms with Gasteiger partial charge in [-0.05, 0) is 65.6 Å². The smallest absolute Gasteiger partial charge is 0.407 e. The van der Waals surface area contributed by atoms with E-state index in [0.29, 0.717) is 24.5 Å². The number of hydrogen-bond acceptors (Lipinski definition) is 9. The number of aromatic amines is 2. The molecule has 6 aromatic rings. The lowest BCUT2D eigenvalue weighted by Crippen LogP contribution is -2.42. The lowest BCUT2D eigenvalue weighted by atomic mass is 10.1. The van der Waals surface area contributed by atoms with Crippen LogP contribution in [0.5, 0.6) is 0 Å². The van der Waals surface area contributed by atoms with E-state index in [-0.39, 0.29) is 23.9 Å². The van der Waals surface area contributed by atoms with Crippen LogP contribution in [0.2, 0.25) is 0 Å². The fourth-order valence-electron chi connectivity index (χ4n) is 8.05. The van der Waals surface area contributed by atoms with Gasteiger partial charge in [-0.15, -0.1) is 0 Å². The number of amides is 3. The molecule has 8 rings (SSSR count). The largest absolute Gasteiger partial charge is 0.453 e. The minimum absolute atomic E-state index is 0.128. The van der Waals surface area contributed by atoms with Crippen molar-refractivity contribution in [1.82, 2.24) is 35.1 Å². The summed E-state index contributed by atoms with van der Waals surface area (Å²) in [6.45, 7) is 1.16. The lowest BCUT2D eigenvalue weighted by Gasteiger charge is -2.28. The Balaban J connectivity index is 0.930. The monoisotopic (exact) mass is 806 g/mol. The molecule has 306 valence electrons. The highest BCUT2D eigenvalue weighted by atomic mass is 17.2. The first kappa shape index (κ1) is 39.8. The highest BCUT2D eigenvalue weighted by Gasteiger charge is 2.38. The molecule has 14 nitrogen and oxygen atoms in total. The molecule has 0 saturated carbocycles. The van der Waals surface area contributed by atoms with Crippen molar-refractivity contribution in [1.29, 1.82) is 0 Å². The fraction of sp³-hybridized carbons (Fsp3) is 0.261. The van der Waals surface area contributed by atoms with E-state index in [0.717, 1.165) is 76.9 Å².